The van der Waals surface area contributed by atoms with Gasteiger partial charge >= 0.3 is 0 Å². The van der Waals surface area contributed by atoms with Gasteiger partial charge in [0.1, 0.15) is 42.2 Å². The molecule has 0 bridgehead atoms. The summed E-state index contributed by atoms with van der Waals surface area (Å²) in [5, 5.41) is 58.7. The summed E-state index contributed by atoms with van der Waals surface area (Å²) in [6.07, 6.45) is -8.54. The van der Waals surface area contributed by atoms with Gasteiger partial charge in [0.2, 0.25) is 0 Å². The summed E-state index contributed by atoms with van der Waals surface area (Å²) >= 11 is 5.74. The van der Waals surface area contributed by atoms with E-state index in [-0.39, 0.29) is 31.5 Å². The van der Waals surface area contributed by atoms with Crippen LogP contribution in [0.2, 0.25) is 0 Å². The fourth-order valence-corrected chi connectivity index (χ4v) is 7.04. The molecule has 0 amide bonds. The minimum atomic E-state index is -2.30. The molecule has 1 aliphatic heterocycles. The number of thiocarbonyl (C=S) groups is 1. The number of ether oxygens (including phenoxy) is 5. The standard InChI is InChI=1S/C41H48N2O10S/c44-26-41(48)37(33(45)34(46)38(41)47)43-40(54)42-32-31(25-49-21-27-13-5-1-6-14-27)53-39(52-24-30-19-11-4-12-20-30)36(51-23-29-17-9-3-10-18-29)35(32)50-22-28-15-7-2-8-16-28/h1-20,31-39,44-48H,21-26H2,(H2,42,43,54)/t31-,32-,33-,34-,35+,36-,37-,38+,39-,41+/m1/s1. The van der Waals surface area contributed by atoms with E-state index >= 15 is 0 Å². The van der Waals surface area contributed by atoms with Crippen LogP contribution >= 0.6 is 12.2 Å². The monoisotopic (exact) mass is 760 g/mol. The van der Waals surface area contributed by atoms with Crippen molar-refractivity contribution >= 4 is 17.3 Å². The number of nitrogens with one attached hydrogen (secondary N) is 2. The van der Waals surface area contributed by atoms with Crippen LogP contribution in [0.15, 0.2) is 121 Å². The van der Waals surface area contributed by atoms with Crippen molar-refractivity contribution in [2.24, 2.45) is 0 Å². The number of aliphatic hydroxyl groups excluding tert-OH is 4. The minimum Gasteiger partial charge on any atom is -0.393 e. The Labute approximate surface area is 320 Å². The Hall–Kier alpha value is -3.83. The molecule has 54 heavy (non-hydrogen) atoms. The lowest BCUT2D eigenvalue weighted by Crippen LogP contribution is -2.68. The molecule has 10 atom stereocenters. The first kappa shape index (κ1) is 39.9. The van der Waals surface area contributed by atoms with Crippen LogP contribution in [-0.2, 0) is 50.1 Å². The molecule has 7 N–H and O–H groups in total. The van der Waals surface area contributed by atoms with Crippen LogP contribution in [0.3, 0.4) is 0 Å². The van der Waals surface area contributed by atoms with E-state index in [0.29, 0.717) is 6.61 Å². The van der Waals surface area contributed by atoms with Gasteiger partial charge in [-0.1, -0.05) is 121 Å². The maximum absolute atomic E-state index is 11.1. The summed E-state index contributed by atoms with van der Waals surface area (Å²) < 4.78 is 32.8. The van der Waals surface area contributed by atoms with Crippen LogP contribution in [0, 0.1) is 0 Å². The number of hydrogen-bond donors (Lipinski definition) is 7. The van der Waals surface area contributed by atoms with Crippen molar-refractivity contribution in [3.8, 4) is 0 Å². The molecule has 4 aromatic carbocycles. The van der Waals surface area contributed by atoms with Crippen molar-refractivity contribution < 1.29 is 49.2 Å². The van der Waals surface area contributed by atoms with Gasteiger partial charge in [0.15, 0.2) is 11.4 Å². The van der Waals surface area contributed by atoms with Crippen LogP contribution in [-0.4, -0.2) is 104 Å². The van der Waals surface area contributed by atoms with Crippen LogP contribution in [0.25, 0.3) is 0 Å². The van der Waals surface area contributed by atoms with Crippen LogP contribution in [0.4, 0.5) is 0 Å². The molecule has 0 aromatic heterocycles. The van der Waals surface area contributed by atoms with Crippen molar-refractivity contribution in [3.63, 3.8) is 0 Å². The van der Waals surface area contributed by atoms with Crippen molar-refractivity contribution in [1.82, 2.24) is 10.6 Å². The van der Waals surface area contributed by atoms with Gasteiger partial charge in [0, 0.05) is 0 Å². The molecular weight excluding hydrogens is 713 g/mol. The molecule has 1 heterocycles. The first-order valence-electron chi connectivity index (χ1n) is 17.9. The van der Waals surface area contributed by atoms with E-state index in [1.165, 1.54) is 0 Å². The average Bonchev–Trinajstić information content (AvgIpc) is 3.36. The second-order valence-electron chi connectivity index (χ2n) is 13.6. The average molecular weight is 761 g/mol. The minimum absolute atomic E-state index is 0.0705. The molecule has 2 aliphatic rings. The van der Waals surface area contributed by atoms with E-state index in [9.17, 15) is 25.5 Å². The van der Waals surface area contributed by atoms with E-state index in [0.717, 1.165) is 22.3 Å². The SMILES string of the molecule is OC[C@]1(O)[C@H](NC(=S)N[C@H]2[C@H](OCc3ccccc3)[C@@H](OCc3ccccc3)[C@H](OCc3ccccc3)O[C@@H]2COCc2ccccc2)[C@H](O)[C@@H](O)[C@@H]1O. The van der Waals surface area contributed by atoms with Gasteiger partial charge in [-0.15, -0.1) is 0 Å². The van der Waals surface area contributed by atoms with E-state index in [1.54, 1.807) is 0 Å². The van der Waals surface area contributed by atoms with Crippen molar-refractivity contribution in [3.05, 3.63) is 144 Å². The van der Waals surface area contributed by atoms with Crippen LogP contribution in [0.5, 0.6) is 0 Å². The number of rotatable bonds is 16. The summed E-state index contributed by atoms with van der Waals surface area (Å²) in [5.74, 6) is 0. The Morgan fingerprint density at radius 1 is 0.630 bits per heavy atom. The largest absolute Gasteiger partial charge is 0.393 e. The van der Waals surface area contributed by atoms with E-state index in [2.05, 4.69) is 10.6 Å². The fourth-order valence-electron chi connectivity index (χ4n) is 6.78. The van der Waals surface area contributed by atoms with E-state index < -0.39 is 67.2 Å². The lowest BCUT2D eigenvalue weighted by molar-refractivity contribution is -0.303. The molecule has 2 fully saturated rings. The third-order valence-corrected chi connectivity index (χ3v) is 10.0. The Kier molecular flexibility index (Phi) is 14.1. The molecule has 0 spiro atoms. The highest BCUT2D eigenvalue weighted by atomic mass is 32.1. The van der Waals surface area contributed by atoms with Crippen LogP contribution in [0.1, 0.15) is 22.3 Å². The molecule has 288 valence electrons. The Morgan fingerprint density at radius 2 is 1.09 bits per heavy atom. The van der Waals surface area contributed by atoms with Gasteiger partial charge in [-0.05, 0) is 34.5 Å². The number of aliphatic hydroxyl groups is 5. The Morgan fingerprint density at radius 3 is 1.59 bits per heavy atom. The first-order valence-corrected chi connectivity index (χ1v) is 18.4. The first-order chi connectivity index (χ1) is 26.3. The van der Waals surface area contributed by atoms with Crippen LogP contribution < -0.4 is 10.6 Å². The normalized spacial score (nSPS) is 29.5. The molecule has 1 saturated carbocycles. The van der Waals surface area contributed by atoms with Crippen molar-refractivity contribution in [2.75, 3.05) is 13.2 Å². The zero-order valence-electron chi connectivity index (χ0n) is 29.7. The Balaban J connectivity index is 1.32. The third-order valence-electron chi connectivity index (χ3n) is 9.78. The van der Waals surface area contributed by atoms with Gasteiger partial charge in [-0.25, -0.2) is 0 Å². The van der Waals surface area contributed by atoms with E-state index in [1.807, 2.05) is 121 Å². The van der Waals surface area contributed by atoms with Gasteiger partial charge in [-0.2, -0.15) is 0 Å². The highest BCUT2D eigenvalue weighted by molar-refractivity contribution is 7.80. The highest BCUT2D eigenvalue weighted by Gasteiger charge is 2.59. The topological polar surface area (TPSA) is 171 Å². The predicted octanol–water partition coefficient (Wildman–Crippen LogP) is 2.34. The summed E-state index contributed by atoms with van der Waals surface area (Å²) in [4.78, 5) is 0. The predicted molar refractivity (Wildman–Crippen MR) is 203 cm³/mol. The summed E-state index contributed by atoms with van der Waals surface area (Å²) in [7, 11) is 0. The zero-order valence-corrected chi connectivity index (χ0v) is 30.5. The summed E-state index contributed by atoms with van der Waals surface area (Å²) in [6.45, 7) is 0.0423. The maximum Gasteiger partial charge on any atom is 0.187 e. The van der Waals surface area contributed by atoms with E-state index in [4.69, 9.17) is 35.9 Å². The third kappa shape index (κ3) is 9.88. The second-order valence-corrected chi connectivity index (χ2v) is 14.0. The summed E-state index contributed by atoms with van der Waals surface area (Å²) in [6, 6.07) is 36.6. The molecule has 13 heteroatoms. The number of hydrogen-bond acceptors (Lipinski definition) is 11. The van der Waals surface area contributed by atoms with Crippen molar-refractivity contribution in [2.45, 2.75) is 87.0 Å². The van der Waals surface area contributed by atoms with Crippen molar-refractivity contribution in [1.29, 1.82) is 0 Å². The van der Waals surface area contributed by atoms with Gasteiger partial charge in [0.05, 0.1) is 51.7 Å². The second kappa shape index (κ2) is 19.2. The quantitative estimate of drug-likeness (QED) is 0.0832. The van der Waals surface area contributed by atoms with Gasteiger partial charge < -0.3 is 59.9 Å². The van der Waals surface area contributed by atoms with Gasteiger partial charge in [-0.3, -0.25) is 0 Å². The number of benzene rings is 4. The maximum atomic E-state index is 11.1. The summed E-state index contributed by atoms with van der Waals surface area (Å²) in [5.41, 5.74) is 1.43. The molecule has 0 unspecified atom stereocenters. The van der Waals surface area contributed by atoms with Gasteiger partial charge in [0.25, 0.3) is 0 Å². The molecule has 1 aliphatic carbocycles. The molecule has 12 nitrogen and oxygen atoms in total. The Bertz CT molecular complexity index is 1710. The lowest BCUT2D eigenvalue weighted by atomic mass is 9.95. The smallest absolute Gasteiger partial charge is 0.187 e. The highest BCUT2D eigenvalue weighted by Crippen LogP contribution is 2.33. The molecular formula is C41H48N2O10S. The molecule has 4 aromatic rings. The lowest BCUT2D eigenvalue weighted by Gasteiger charge is -2.47. The molecule has 6 rings (SSSR count). The fraction of sp³-hybridized carbons (Fsp3) is 0.390. The molecule has 0 radical (unpaired) electrons. The zero-order chi connectivity index (χ0) is 37.9. The molecule has 1 saturated heterocycles.